The van der Waals surface area contributed by atoms with E-state index in [2.05, 4.69) is 0 Å². The van der Waals surface area contributed by atoms with Gasteiger partial charge < -0.3 is 25.8 Å². The lowest BCUT2D eigenvalue weighted by Crippen LogP contribution is -2.42. The monoisotopic (exact) mass is 351 g/mol. The predicted molar refractivity (Wildman–Crippen MR) is 88.7 cm³/mol. The van der Waals surface area contributed by atoms with E-state index in [0.717, 1.165) is 0 Å². The summed E-state index contributed by atoms with van der Waals surface area (Å²) < 4.78 is 5.28. The first-order valence-electron chi connectivity index (χ1n) is 7.19. The van der Waals surface area contributed by atoms with Gasteiger partial charge in [-0.05, 0) is 17.7 Å². The molecule has 2 rings (SSSR count). The number of ether oxygens (including phenoxy) is 1. The minimum Gasteiger partial charge on any atom is -0.491 e. The highest BCUT2D eigenvalue weighted by Crippen LogP contribution is 2.36. The number of carbonyl (C=O) groups excluding carboxylic acids is 1. The number of benzene rings is 2. The zero-order valence-electron chi connectivity index (χ0n) is 12.7. The number of halogens is 1. The molecule has 2 aromatic rings. The fraction of sp³-hybridized carbons (Fsp3) is 0.235. The molecule has 2 atom stereocenters. The molecular formula is C17H18ClNO5. The van der Waals surface area contributed by atoms with Gasteiger partial charge in [0.05, 0.1) is 11.6 Å². The Hall–Kier alpha value is -2.12. The summed E-state index contributed by atoms with van der Waals surface area (Å²) in [6, 6.07) is 12.6. The first-order valence-corrected chi connectivity index (χ1v) is 7.57. The van der Waals surface area contributed by atoms with Crippen LogP contribution in [0.5, 0.6) is 5.75 Å². The third-order valence-electron chi connectivity index (χ3n) is 3.53. The van der Waals surface area contributed by atoms with Crippen molar-refractivity contribution in [2.75, 3.05) is 13.2 Å². The van der Waals surface area contributed by atoms with Crippen LogP contribution in [-0.2, 0) is 10.4 Å². The van der Waals surface area contributed by atoms with E-state index in [4.69, 9.17) is 27.2 Å². The second-order valence-electron chi connectivity index (χ2n) is 5.23. The van der Waals surface area contributed by atoms with Gasteiger partial charge in [-0.25, -0.2) is 0 Å². The van der Waals surface area contributed by atoms with Crippen molar-refractivity contribution in [3.8, 4) is 5.75 Å². The van der Waals surface area contributed by atoms with Crippen LogP contribution in [0.15, 0.2) is 48.5 Å². The van der Waals surface area contributed by atoms with Gasteiger partial charge in [0.25, 0.3) is 5.91 Å². The number of primary amides is 1. The highest BCUT2D eigenvalue weighted by molar-refractivity contribution is 6.32. The molecule has 0 saturated heterocycles. The lowest BCUT2D eigenvalue weighted by atomic mass is 9.85. The number of carbonyl (C=O) groups is 1. The lowest BCUT2D eigenvalue weighted by molar-refractivity contribution is -0.133. The highest BCUT2D eigenvalue weighted by atomic mass is 35.5. The number of amides is 1. The molecule has 0 heterocycles. The summed E-state index contributed by atoms with van der Waals surface area (Å²) in [5.74, 6) is -0.642. The summed E-state index contributed by atoms with van der Waals surface area (Å²) in [6.45, 7) is -0.549. The van der Waals surface area contributed by atoms with Gasteiger partial charge in [0.15, 0.2) is 5.60 Å². The van der Waals surface area contributed by atoms with Crippen LogP contribution in [-0.4, -0.2) is 40.5 Å². The second kappa shape index (κ2) is 7.63. The molecule has 2 aromatic carbocycles. The smallest absolute Gasteiger partial charge is 0.258 e. The maximum absolute atomic E-state index is 11.9. The summed E-state index contributed by atoms with van der Waals surface area (Å²) in [5, 5.41) is 29.0. The Kier molecular flexibility index (Phi) is 5.80. The Balaban J connectivity index is 2.37. The van der Waals surface area contributed by atoms with Crippen LogP contribution in [0.4, 0.5) is 0 Å². The molecule has 0 radical (unpaired) electrons. The molecule has 7 heteroatoms. The fourth-order valence-electron chi connectivity index (χ4n) is 2.23. The van der Waals surface area contributed by atoms with Crippen molar-refractivity contribution in [3.05, 3.63) is 64.7 Å². The van der Waals surface area contributed by atoms with E-state index >= 15 is 0 Å². The first-order chi connectivity index (χ1) is 11.4. The van der Waals surface area contributed by atoms with Gasteiger partial charge in [0, 0.05) is 5.56 Å². The molecule has 0 spiro atoms. The fourth-order valence-corrected chi connectivity index (χ4v) is 2.54. The van der Waals surface area contributed by atoms with Crippen LogP contribution < -0.4 is 10.5 Å². The van der Waals surface area contributed by atoms with E-state index in [-0.39, 0.29) is 17.2 Å². The van der Waals surface area contributed by atoms with Crippen LogP contribution in [0.3, 0.4) is 0 Å². The van der Waals surface area contributed by atoms with Crippen molar-refractivity contribution < 1.29 is 24.9 Å². The molecule has 0 aliphatic rings. The largest absolute Gasteiger partial charge is 0.491 e. The minimum atomic E-state index is -2.08. The Bertz CT molecular complexity index is 709. The van der Waals surface area contributed by atoms with E-state index in [9.17, 15) is 15.0 Å². The normalized spacial score (nSPS) is 14.7. The molecule has 0 aliphatic carbocycles. The Morgan fingerprint density at radius 3 is 2.46 bits per heavy atom. The van der Waals surface area contributed by atoms with Gasteiger partial charge in [-0.2, -0.15) is 0 Å². The maximum atomic E-state index is 11.9. The van der Waals surface area contributed by atoms with Gasteiger partial charge in [0.1, 0.15) is 18.5 Å². The Morgan fingerprint density at radius 2 is 1.92 bits per heavy atom. The van der Waals surface area contributed by atoms with Crippen molar-refractivity contribution in [3.63, 3.8) is 0 Å². The quantitative estimate of drug-likeness (QED) is 0.589. The number of aliphatic hydroxyl groups is 3. The lowest BCUT2D eigenvalue weighted by Gasteiger charge is -2.27. The summed E-state index contributed by atoms with van der Waals surface area (Å²) in [4.78, 5) is 11.9. The van der Waals surface area contributed by atoms with Crippen molar-refractivity contribution in [2.45, 2.75) is 11.7 Å². The van der Waals surface area contributed by atoms with Gasteiger partial charge in [-0.15, -0.1) is 0 Å². The van der Waals surface area contributed by atoms with Gasteiger partial charge in [-0.3, -0.25) is 4.79 Å². The van der Waals surface area contributed by atoms with Crippen molar-refractivity contribution in [1.82, 2.24) is 0 Å². The number of nitrogens with two attached hydrogens (primary N) is 1. The number of hydrogen-bond donors (Lipinski definition) is 4. The number of rotatable bonds is 7. The van der Waals surface area contributed by atoms with E-state index in [1.165, 1.54) is 18.2 Å². The molecule has 0 aromatic heterocycles. The molecular weight excluding hydrogens is 334 g/mol. The molecule has 0 saturated carbocycles. The molecule has 0 bridgehead atoms. The summed E-state index contributed by atoms with van der Waals surface area (Å²) in [6.07, 6.45) is -1.02. The van der Waals surface area contributed by atoms with E-state index in [0.29, 0.717) is 11.3 Å². The maximum Gasteiger partial charge on any atom is 0.258 e. The van der Waals surface area contributed by atoms with Crippen LogP contribution in [0.2, 0.25) is 5.02 Å². The molecule has 5 N–H and O–H groups in total. The van der Waals surface area contributed by atoms with Gasteiger partial charge >= 0.3 is 0 Å². The zero-order chi connectivity index (χ0) is 17.7. The molecule has 6 nitrogen and oxygen atoms in total. The summed E-state index contributed by atoms with van der Waals surface area (Å²) in [7, 11) is 0. The van der Waals surface area contributed by atoms with Crippen molar-refractivity contribution >= 4 is 17.5 Å². The zero-order valence-corrected chi connectivity index (χ0v) is 13.5. The average Bonchev–Trinajstić information content (AvgIpc) is 2.59. The van der Waals surface area contributed by atoms with Crippen molar-refractivity contribution in [1.29, 1.82) is 0 Å². The number of aliphatic hydroxyl groups excluding tert-OH is 2. The molecule has 0 fully saturated rings. The van der Waals surface area contributed by atoms with Crippen LogP contribution in [0, 0.1) is 0 Å². The SMILES string of the molecule is NC(=O)C(O)(c1ccccc1)c1ccc(OC[C@H](O)CO)cc1Cl. The van der Waals surface area contributed by atoms with E-state index < -0.39 is 24.2 Å². The Morgan fingerprint density at radius 1 is 1.25 bits per heavy atom. The van der Waals surface area contributed by atoms with E-state index in [1.54, 1.807) is 30.3 Å². The van der Waals surface area contributed by atoms with Gasteiger partial charge in [-0.1, -0.05) is 48.0 Å². The number of hydrogen-bond acceptors (Lipinski definition) is 5. The molecule has 24 heavy (non-hydrogen) atoms. The minimum absolute atomic E-state index is 0.0798. The standard InChI is InChI=1S/C17H18ClNO5/c18-15-8-13(24-10-12(21)9-20)6-7-14(15)17(23,16(19)22)11-4-2-1-3-5-11/h1-8,12,20-21,23H,9-10H2,(H2,19,22)/t12-,17?/m1/s1. The first kappa shape index (κ1) is 18.2. The van der Waals surface area contributed by atoms with Crippen molar-refractivity contribution in [2.24, 2.45) is 5.73 Å². The summed E-state index contributed by atoms with van der Waals surface area (Å²) in [5.41, 5.74) is 3.76. The summed E-state index contributed by atoms with van der Waals surface area (Å²) >= 11 is 6.20. The van der Waals surface area contributed by atoms with Crippen LogP contribution in [0.1, 0.15) is 11.1 Å². The molecule has 1 amide bonds. The molecule has 1 unspecified atom stereocenters. The third-order valence-corrected chi connectivity index (χ3v) is 3.84. The van der Waals surface area contributed by atoms with Crippen LogP contribution >= 0.6 is 11.6 Å². The predicted octanol–water partition coefficient (Wildman–Crippen LogP) is 0.793. The molecule has 0 aliphatic heterocycles. The van der Waals surface area contributed by atoms with Crippen LogP contribution in [0.25, 0.3) is 0 Å². The van der Waals surface area contributed by atoms with E-state index in [1.807, 2.05) is 0 Å². The average molecular weight is 352 g/mol. The third kappa shape index (κ3) is 3.68. The second-order valence-corrected chi connectivity index (χ2v) is 5.64. The Labute approximate surface area is 144 Å². The highest BCUT2D eigenvalue weighted by Gasteiger charge is 2.39. The molecule has 128 valence electrons. The topological polar surface area (TPSA) is 113 Å². The van der Waals surface area contributed by atoms with Gasteiger partial charge in [0.2, 0.25) is 0 Å².